The summed E-state index contributed by atoms with van der Waals surface area (Å²) in [5.41, 5.74) is 0. The topological polar surface area (TPSA) is 0 Å². The smallest absolute Gasteiger partial charge is 0.0701 e. The van der Waals surface area contributed by atoms with E-state index in [1.54, 1.807) is 0 Å². The van der Waals surface area contributed by atoms with Gasteiger partial charge in [0.05, 0.1) is 3.79 Å². The van der Waals surface area contributed by atoms with E-state index < -0.39 is 0 Å². The molecule has 0 saturated heterocycles. The Labute approximate surface area is 109 Å². The Bertz CT molecular complexity index is 323. The SMILES string of the molecule is CC1CCC(Cl)C(Cc2ccc(Br)s2)C1. The molecule has 15 heavy (non-hydrogen) atoms. The Morgan fingerprint density at radius 3 is 2.93 bits per heavy atom. The highest BCUT2D eigenvalue weighted by Crippen LogP contribution is 2.36. The third-order valence-electron chi connectivity index (χ3n) is 3.24. The lowest BCUT2D eigenvalue weighted by Gasteiger charge is -2.30. The maximum atomic E-state index is 6.40. The average molecular weight is 308 g/mol. The first kappa shape index (κ1) is 11.9. The maximum Gasteiger partial charge on any atom is 0.0701 e. The van der Waals surface area contributed by atoms with E-state index >= 15 is 0 Å². The lowest BCUT2D eigenvalue weighted by Crippen LogP contribution is -2.25. The van der Waals surface area contributed by atoms with Crippen molar-refractivity contribution in [1.82, 2.24) is 0 Å². The molecular weight excluding hydrogens is 292 g/mol. The summed E-state index contributed by atoms with van der Waals surface area (Å²) in [6.07, 6.45) is 4.96. The van der Waals surface area contributed by atoms with Crippen molar-refractivity contribution in [3.63, 3.8) is 0 Å². The normalized spacial score (nSPS) is 31.8. The molecule has 1 aromatic heterocycles. The van der Waals surface area contributed by atoms with Gasteiger partial charge in [-0.1, -0.05) is 6.92 Å². The molecular formula is C12H16BrClS. The molecule has 0 spiro atoms. The number of hydrogen-bond donors (Lipinski definition) is 0. The Kier molecular flexibility index (Phi) is 4.14. The van der Waals surface area contributed by atoms with Gasteiger partial charge >= 0.3 is 0 Å². The van der Waals surface area contributed by atoms with Crippen molar-refractivity contribution in [3.8, 4) is 0 Å². The van der Waals surface area contributed by atoms with E-state index in [2.05, 4.69) is 35.0 Å². The molecule has 3 heteroatoms. The van der Waals surface area contributed by atoms with Gasteiger partial charge in [-0.05, 0) is 65.6 Å². The first-order chi connectivity index (χ1) is 7.15. The van der Waals surface area contributed by atoms with Crippen LogP contribution in [0.15, 0.2) is 15.9 Å². The van der Waals surface area contributed by atoms with Crippen molar-refractivity contribution in [1.29, 1.82) is 0 Å². The van der Waals surface area contributed by atoms with Crippen LogP contribution in [0.3, 0.4) is 0 Å². The maximum absolute atomic E-state index is 6.40. The quantitative estimate of drug-likeness (QED) is 0.667. The lowest BCUT2D eigenvalue weighted by molar-refractivity contribution is 0.288. The van der Waals surface area contributed by atoms with Crippen LogP contribution in [-0.2, 0) is 6.42 Å². The molecule has 1 saturated carbocycles. The third-order valence-corrected chi connectivity index (χ3v) is 5.46. The molecule has 0 N–H and O–H groups in total. The number of alkyl halides is 1. The molecule has 1 aliphatic carbocycles. The molecule has 1 aromatic rings. The van der Waals surface area contributed by atoms with E-state index in [1.807, 2.05) is 11.3 Å². The average Bonchev–Trinajstić information content (AvgIpc) is 2.58. The highest BCUT2D eigenvalue weighted by Gasteiger charge is 2.27. The molecule has 1 aliphatic rings. The molecule has 0 nitrogen and oxygen atoms in total. The zero-order valence-corrected chi connectivity index (χ0v) is 12.0. The molecule has 1 heterocycles. The molecule has 2 rings (SSSR count). The van der Waals surface area contributed by atoms with Crippen LogP contribution in [0.2, 0.25) is 0 Å². The van der Waals surface area contributed by atoms with Gasteiger partial charge in [0.1, 0.15) is 0 Å². The van der Waals surface area contributed by atoms with Gasteiger partial charge in [-0.3, -0.25) is 0 Å². The van der Waals surface area contributed by atoms with Crippen LogP contribution in [0.25, 0.3) is 0 Å². The van der Waals surface area contributed by atoms with Crippen LogP contribution < -0.4 is 0 Å². The highest BCUT2D eigenvalue weighted by atomic mass is 79.9. The summed E-state index contributed by atoms with van der Waals surface area (Å²) in [6.45, 7) is 2.35. The van der Waals surface area contributed by atoms with E-state index in [4.69, 9.17) is 11.6 Å². The fourth-order valence-electron chi connectivity index (χ4n) is 2.39. The van der Waals surface area contributed by atoms with E-state index in [0.29, 0.717) is 11.3 Å². The largest absolute Gasteiger partial charge is 0.133 e. The summed E-state index contributed by atoms with van der Waals surface area (Å²) in [7, 11) is 0. The summed E-state index contributed by atoms with van der Waals surface area (Å²) in [5.74, 6) is 1.54. The van der Waals surface area contributed by atoms with E-state index in [-0.39, 0.29) is 0 Å². The summed E-state index contributed by atoms with van der Waals surface area (Å²) in [6, 6.07) is 4.35. The van der Waals surface area contributed by atoms with Crippen molar-refractivity contribution in [2.45, 2.75) is 38.0 Å². The monoisotopic (exact) mass is 306 g/mol. The molecule has 84 valence electrons. The second-order valence-electron chi connectivity index (χ2n) is 4.60. The van der Waals surface area contributed by atoms with Crippen molar-refractivity contribution in [2.75, 3.05) is 0 Å². The van der Waals surface area contributed by atoms with Crippen molar-refractivity contribution < 1.29 is 0 Å². The van der Waals surface area contributed by atoms with Crippen molar-refractivity contribution in [2.24, 2.45) is 11.8 Å². The number of rotatable bonds is 2. The minimum Gasteiger partial charge on any atom is -0.133 e. The lowest BCUT2D eigenvalue weighted by atomic mass is 9.80. The summed E-state index contributed by atoms with van der Waals surface area (Å²) >= 11 is 11.7. The Morgan fingerprint density at radius 1 is 1.47 bits per heavy atom. The van der Waals surface area contributed by atoms with Crippen LogP contribution in [0.5, 0.6) is 0 Å². The fraction of sp³-hybridized carbons (Fsp3) is 0.667. The Morgan fingerprint density at radius 2 is 2.27 bits per heavy atom. The Hall–Kier alpha value is 0.470. The third kappa shape index (κ3) is 3.21. The van der Waals surface area contributed by atoms with E-state index in [1.165, 1.54) is 27.9 Å². The highest BCUT2D eigenvalue weighted by molar-refractivity contribution is 9.11. The van der Waals surface area contributed by atoms with Gasteiger partial charge in [0.15, 0.2) is 0 Å². The molecule has 3 atom stereocenters. The van der Waals surface area contributed by atoms with Crippen molar-refractivity contribution >= 4 is 38.9 Å². The van der Waals surface area contributed by atoms with E-state index in [0.717, 1.165) is 12.3 Å². The van der Waals surface area contributed by atoms with Gasteiger partial charge in [-0.25, -0.2) is 0 Å². The van der Waals surface area contributed by atoms with Gasteiger partial charge in [0.2, 0.25) is 0 Å². The molecule has 0 radical (unpaired) electrons. The van der Waals surface area contributed by atoms with Gasteiger partial charge in [-0.2, -0.15) is 0 Å². The van der Waals surface area contributed by atoms with Crippen LogP contribution in [0.1, 0.15) is 31.1 Å². The van der Waals surface area contributed by atoms with Crippen LogP contribution in [0, 0.1) is 11.8 Å². The summed E-state index contributed by atoms with van der Waals surface area (Å²) in [5, 5.41) is 0.391. The number of thiophene rings is 1. The van der Waals surface area contributed by atoms with Crippen LogP contribution in [-0.4, -0.2) is 5.38 Å². The van der Waals surface area contributed by atoms with Gasteiger partial charge in [0.25, 0.3) is 0 Å². The second-order valence-corrected chi connectivity index (χ2v) is 7.71. The van der Waals surface area contributed by atoms with Crippen LogP contribution in [0.4, 0.5) is 0 Å². The minimum atomic E-state index is 0.391. The second kappa shape index (κ2) is 5.20. The van der Waals surface area contributed by atoms with Crippen LogP contribution >= 0.6 is 38.9 Å². The van der Waals surface area contributed by atoms with Gasteiger partial charge < -0.3 is 0 Å². The molecule has 1 fully saturated rings. The van der Waals surface area contributed by atoms with E-state index in [9.17, 15) is 0 Å². The number of halogens is 2. The molecule has 0 bridgehead atoms. The van der Waals surface area contributed by atoms with Crippen molar-refractivity contribution in [3.05, 3.63) is 20.8 Å². The standard InChI is InChI=1S/C12H16BrClS/c1-8-2-4-11(14)9(6-8)7-10-3-5-12(13)15-10/h3,5,8-9,11H,2,4,6-7H2,1H3. The predicted octanol–water partition coefficient (Wildman–Crippen LogP) is 5.10. The zero-order chi connectivity index (χ0) is 10.8. The first-order valence-corrected chi connectivity index (χ1v) is 7.58. The predicted molar refractivity (Wildman–Crippen MR) is 71.9 cm³/mol. The first-order valence-electron chi connectivity index (χ1n) is 5.53. The molecule has 3 unspecified atom stereocenters. The number of hydrogen-bond acceptors (Lipinski definition) is 1. The van der Waals surface area contributed by atoms with Gasteiger partial charge in [-0.15, -0.1) is 22.9 Å². The molecule has 0 aliphatic heterocycles. The summed E-state index contributed by atoms with van der Waals surface area (Å²) in [4.78, 5) is 1.46. The fourth-order valence-corrected chi connectivity index (χ4v) is 4.29. The Balaban J connectivity index is 1.98. The van der Waals surface area contributed by atoms with Gasteiger partial charge in [0, 0.05) is 10.3 Å². The minimum absolute atomic E-state index is 0.391. The molecule has 0 aromatic carbocycles. The summed E-state index contributed by atoms with van der Waals surface area (Å²) < 4.78 is 1.23. The zero-order valence-electron chi connectivity index (χ0n) is 8.88. The molecule has 0 amide bonds.